The van der Waals surface area contributed by atoms with E-state index in [1.165, 1.54) is 12.1 Å². The zero-order valence-corrected chi connectivity index (χ0v) is 18.9. The first-order valence-electron chi connectivity index (χ1n) is 11.1. The Kier molecular flexibility index (Phi) is 8.59. The smallest absolute Gasteiger partial charge is 0.227 e. The summed E-state index contributed by atoms with van der Waals surface area (Å²) in [7, 11) is 0. The lowest BCUT2D eigenvalue weighted by Gasteiger charge is -2.25. The van der Waals surface area contributed by atoms with Crippen molar-refractivity contribution in [2.75, 3.05) is 13.1 Å². The summed E-state index contributed by atoms with van der Waals surface area (Å²) in [6.07, 6.45) is 3.81. The zero-order valence-electron chi connectivity index (χ0n) is 18.9. The van der Waals surface area contributed by atoms with Crippen LogP contribution < -0.4 is 4.74 Å². The van der Waals surface area contributed by atoms with E-state index in [2.05, 4.69) is 18.4 Å². The predicted molar refractivity (Wildman–Crippen MR) is 126 cm³/mol. The number of aliphatic hydroxyl groups is 1. The van der Waals surface area contributed by atoms with Crippen molar-refractivity contribution >= 4 is 0 Å². The molecule has 0 fully saturated rings. The van der Waals surface area contributed by atoms with E-state index in [-0.39, 0.29) is 5.82 Å². The van der Waals surface area contributed by atoms with Gasteiger partial charge >= 0.3 is 0 Å². The second-order valence-electron chi connectivity index (χ2n) is 7.93. The van der Waals surface area contributed by atoms with Crippen LogP contribution in [-0.2, 0) is 6.54 Å². The highest BCUT2D eigenvalue weighted by atomic mass is 19.1. The van der Waals surface area contributed by atoms with Crippen LogP contribution in [0.1, 0.15) is 37.4 Å². The third kappa shape index (κ3) is 6.28. The van der Waals surface area contributed by atoms with E-state index in [1.54, 1.807) is 16.8 Å². The fraction of sp³-hybridized carbons (Fsp3) is 0.346. The zero-order chi connectivity index (χ0) is 22.9. The molecule has 1 N–H and O–H groups in total. The van der Waals surface area contributed by atoms with Gasteiger partial charge < -0.3 is 9.84 Å². The SMILES string of the molecule is C=CCCC(O)CN(CCC)Cc1c(C)nn(-c2ccccc2)c1Oc1cccc(F)c1. The van der Waals surface area contributed by atoms with Gasteiger partial charge in [-0.2, -0.15) is 5.10 Å². The molecule has 6 heteroatoms. The molecule has 0 aliphatic carbocycles. The van der Waals surface area contributed by atoms with E-state index in [4.69, 9.17) is 9.84 Å². The molecule has 5 nitrogen and oxygen atoms in total. The first-order valence-corrected chi connectivity index (χ1v) is 11.1. The first kappa shape index (κ1) is 23.7. The lowest BCUT2D eigenvalue weighted by Crippen LogP contribution is -2.33. The molecule has 0 saturated carbocycles. The Morgan fingerprint density at radius 3 is 2.69 bits per heavy atom. The number of aliphatic hydroxyl groups excluding tert-OH is 1. The number of hydrogen-bond donors (Lipinski definition) is 1. The van der Waals surface area contributed by atoms with E-state index in [1.807, 2.05) is 43.3 Å². The van der Waals surface area contributed by atoms with Crippen LogP contribution in [0.25, 0.3) is 5.69 Å². The summed E-state index contributed by atoms with van der Waals surface area (Å²) >= 11 is 0. The van der Waals surface area contributed by atoms with Gasteiger partial charge in [-0.25, -0.2) is 9.07 Å². The van der Waals surface area contributed by atoms with Crippen molar-refractivity contribution in [3.8, 4) is 17.3 Å². The first-order chi connectivity index (χ1) is 15.5. The summed E-state index contributed by atoms with van der Waals surface area (Å²) < 4.78 is 21.8. The van der Waals surface area contributed by atoms with Gasteiger partial charge in [0.15, 0.2) is 0 Å². The number of para-hydroxylation sites is 1. The molecule has 0 aliphatic rings. The van der Waals surface area contributed by atoms with E-state index in [0.29, 0.717) is 31.1 Å². The fourth-order valence-corrected chi connectivity index (χ4v) is 3.69. The van der Waals surface area contributed by atoms with Crippen molar-refractivity contribution in [3.05, 3.63) is 84.3 Å². The lowest BCUT2D eigenvalue weighted by atomic mass is 10.1. The molecule has 0 spiro atoms. The van der Waals surface area contributed by atoms with Crippen molar-refractivity contribution < 1.29 is 14.2 Å². The number of allylic oxidation sites excluding steroid dienone is 1. The van der Waals surface area contributed by atoms with Gasteiger partial charge in [0.05, 0.1) is 23.0 Å². The molecule has 3 aromatic rings. The Morgan fingerprint density at radius 2 is 2.00 bits per heavy atom. The molecule has 1 aromatic heterocycles. The Morgan fingerprint density at radius 1 is 1.22 bits per heavy atom. The maximum absolute atomic E-state index is 13.8. The number of aryl methyl sites for hydroxylation is 1. The Labute approximate surface area is 189 Å². The summed E-state index contributed by atoms with van der Waals surface area (Å²) in [4.78, 5) is 2.21. The summed E-state index contributed by atoms with van der Waals surface area (Å²) in [5, 5.41) is 15.2. The van der Waals surface area contributed by atoms with Crippen molar-refractivity contribution in [1.82, 2.24) is 14.7 Å². The van der Waals surface area contributed by atoms with Crippen molar-refractivity contribution in [2.24, 2.45) is 0 Å². The highest BCUT2D eigenvalue weighted by Gasteiger charge is 2.22. The van der Waals surface area contributed by atoms with Crippen molar-refractivity contribution in [3.63, 3.8) is 0 Å². The van der Waals surface area contributed by atoms with Gasteiger partial charge in [0.2, 0.25) is 5.88 Å². The molecule has 2 aromatic carbocycles. The Bertz CT molecular complexity index is 1000. The van der Waals surface area contributed by atoms with Crippen LogP contribution in [-0.4, -0.2) is 39.0 Å². The summed E-state index contributed by atoms with van der Waals surface area (Å²) in [6, 6.07) is 15.9. The molecular weight excluding hydrogens is 405 g/mol. The predicted octanol–water partition coefficient (Wildman–Crippen LogP) is 5.65. The molecule has 0 radical (unpaired) electrons. The quantitative estimate of drug-likeness (QED) is 0.372. The molecule has 32 heavy (non-hydrogen) atoms. The van der Waals surface area contributed by atoms with Crippen LogP contribution in [0.15, 0.2) is 67.3 Å². The molecule has 1 heterocycles. The minimum Gasteiger partial charge on any atom is -0.438 e. The highest BCUT2D eigenvalue weighted by molar-refractivity contribution is 5.43. The topological polar surface area (TPSA) is 50.5 Å². The van der Waals surface area contributed by atoms with Crippen LogP contribution >= 0.6 is 0 Å². The molecule has 1 unspecified atom stereocenters. The standard InChI is InChI=1S/C26H32FN3O2/c1-4-6-14-23(31)18-29(16-5-2)19-25-20(3)28-30(22-12-8-7-9-13-22)26(25)32-24-15-10-11-21(27)17-24/h4,7-13,15,17,23,31H,1,5-6,14,16,18-19H2,2-3H3. The van der Waals surface area contributed by atoms with Gasteiger partial charge in [0, 0.05) is 19.2 Å². The van der Waals surface area contributed by atoms with E-state index >= 15 is 0 Å². The number of benzene rings is 2. The van der Waals surface area contributed by atoms with E-state index < -0.39 is 6.10 Å². The number of nitrogens with zero attached hydrogens (tertiary/aromatic N) is 3. The fourth-order valence-electron chi connectivity index (χ4n) is 3.69. The molecule has 0 saturated heterocycles. The van der Waals surface area contributed by atoms with Crippen LogP contribution in [0.4, 0.5) is 4.39 Å². The second-order valence-corrected chi connectivity index (χ2v) is 7.93. The monoisotopic (exact) mass is 437 g/mol. The third-order valence-corrected chi connectivity index (χ3v) is 5.24. The Hall–Kier alpha value is -2.96. The third-order valence-electron chi connectivity index (χ3n) is 5.24. The normalized spacial score (nSPS) is 12.2. The minimum atomic E-state index is -0.434. The van der Waals surface area contributed by atoms with Crippen LogP contribution in [0.3, 0.4) is 0 Å². The summed E-state index contributed by atoms with van der Waals surface area (Å²) in [5.74, 6) is 0.613. The van der Waals surface area contributed by atoms with Gasteiger partial charge in [0.1, 0.15) is 11.6 Å². The van der Waals surface area contributed by atoms with E-state index in [9.17, 15) is 9.50 Å². The van der Waals surface area contributed by atoms with Gasteiger partial charge in [-0.1, -0.05) is 37.3 Å². The van der Waals surface area contributed by atoms with E-state index in [0.717, 1.165) is 36.3 Å². The molecule has 3 rings (SSSR count). The molecule has 0 amide bonds. The largest absolute Gasteiger partial charge is 0.438 e. The minimum absolute atomic E-state index is 0.357. The molecule has 0 bridgehead atoms. The number of aromatic nitrogens is 2. The van der Waals surface area contributed by atoms with Gasteiger partial charge in [-0.3, -0.25) is 4.90 Å². The summed E-state index contributed by atoms with van der Waals surface area (Å²) in [6.45, 7) is 9.76. The maximum atomic E-state index is 13.8. The van der Waals surface area contributed by atoms with Gasteiger partial charge in [-0.15, -0.1) is 6.58 Å². The van der Waals surface area contributed by atoms with Crippen molar-refractivity contribution in [1.29, 1.82) is 0 Å². The number of halogens is 1. The second kappa shape index (κ2) is 11.6. The molecular formula is C26H32FN3O2. The Balaban J connectivity index is 1.96. The number of rotatable bonds is 12. The molecule has 1 atom stereocenters. The van der Waals surface area contributed by atoms with Crippen LogP contribution in [0.2, 0.25) is 0 Å². The maximum Gasteiger partial charge on any atom is 0.227 e. The van der Waals surface area contributed by atoms with Gasteiger partial charge in [0.25, 0.3) is 0 Å². The van der Waals surface area contributed by atoms with Crippen molar-refractivity contribution in [2.45, 2.75) is 45.8 Å². The lowest BCUT2D eigenvalue weighted by molar-refractivity contribution is 0.102. The van der Waals surface area contributed by atoms with Crippen LogP contribution in [0.5, 0.6) is 11.6 Å². The number of ether oxygens (including phenoxy) is 1. The average molecular weight is 438 g/mol. The molecule has 170 valence electrons. The average Bonchev–Trinajstić information content (AvgIpc) is 3.08. The van der Waals surface area contributed by atoms with Gasteiger partial charge in [-0.05, 0) is 57.0 Å². The highest BCUT2D eigenvalue weighted by Crippen LogP contribution is 2.32. The summed E-state index contributed by atoms with van der Waals surface area (Å²) in [5.41, 5.74) is 2.62. The number of hydrogen-bond acceptors (Lipinski definition) is 4. The molecule has 0 aliphatic heterocycles. The van der Waals surface area contributed by atoms with Crippen LogP contribution in [0, 0.1) is 12.7 Å².